The lowest BCUT2D eigenvalue weighted by Crippen LogP contribution is -2.40. The number of hydrogen-bond acceptors (Lipinski definition) is 3. The molecule has 90 valence electrons. The van der Waals surface area contributed by atoms with Gasteiger partial charge in [-0.2, -0.15) is 0 Å². The SMILES string of the molecule is COc1ccc(F)cc1C1(C)NC(=O)NC1=O. The van der Waals surface area contributed by atoms with Crippen LogP contribution in [0.15, 0.2) is 18.2 Å². The summed E-state index contributed by atoms with van der Waals surface area (Å²) in [6.07, 6.45) is 0. The summed E-state index contributed by atoms with van der Waals surface area (Å²) in [6.45, 7) is 1.49. The molecular weight excluding hydrogens is 227 g/mol. The zero-order chi connectivity index (χ0) is 12.6. The predicted octanol–water partition coefficient (Wildman–Crippen LogP) is 0.889. The molecule has 2 N–H and O–H groups in total. The summed E-state index contributed by atoms with van der Waals surface area (Å²) in [6, 6.07) is 3.20. The average molecular weight is 238 g/mol. The van der Waals surface area contributed by atoms with E-state index < -0.39 is 23.3 Å². The minimum absolute atomic E-state index is 0.281. The first kappa shape index (κ1) is 11.4. The van der Waals surface area contributed by atoms with Crippen LogP contribution >= 0.6 is 0 Å². The van der Waals surface area contributed by atoms with E-state index in [1.165, 1.54) is 32.2 Å². The van der Waals surface area contributed by atoms with E-state index in [1.807, 2.05) is 0 Å². The van der Waals surface area contributed by atoms with Gasteiger partial charge in [0.25, 0.3) is 5.91 Å². The van der Waals surface area contributed by atoms with Crippen molar-refractivity contribution >= 4 is 11.9 Å². The molecule has 1 atom stereocenters. The molecule has 1 aliphatic rings. The van der Waals surface area contributed by atoms with E-state index in [4.69, 9.17) is 4.74 Å². The molecular formula is C11H11FN2O3. The minimum atomic E-state index is -1.31. The van der Waals surface area contributed by atoms with Crippen LogP contribution in [0.25, 0.3) is 0 Å². The zero-order valence-electron chi connectivity index (χ0n) is 9.33. The van der Waals surface area contributed by atoms with Gasteiger partial charge in [0.05, 0.1) is 7.11 Å². The van der Waals surface area contributed by atoms with E-state index in [0.717, 1.165) is 0 Å². The van der Waals surface area contributed by atoms with Crippen molar-refractivity contribution in [2.45, 2.75) is 12.5 Å². The van der Waals surface area contributed by atoms with Crippen molar-refractivity contribution < 1.29 is 18.7 Å². The highest BCUT2D eigenvalue weighted by Crippen LogP contribution is 2.32. The van der Waals surface area contributed by atoms with Gasteiger partial charge in [-0.05, 0) is 25.1 Å². The van der Waals surface area contributed by atoms with Gasteiger partial charge in [-0.3, -0.25) is 10.1 Å². The first-order valence-electron chi connectivity index (χ1n) is 4.95. The van der Waals surface area contributed by atoms with E-state index in [-0.39, 0.29) is 5.56 Å². The maximum atomic E-state index is 13.2. The number of nitrogens with one attached hydrogen (secondary N) is 2. The van der Waals surface area contributed by atoms with Crippen LogP contribution in [-0.2, 0) is 10.3 Å². The molecule has 0 aliphatic carbocycles. The van der Waals surface area contributed by atoms with Gasteiger partial charge in [0.1, 0.15) is 17.1 Å². The van der Waals surface area contributed by atoms with Crippen LogP contribution in [0.2, 0.25) is 0 Å². The van der Waals surface area contributed by atoms with Gasteiger partial charge in [-0.15, -0.1) is 0 Å². The molecule has 2 rings (SSSR count). The number of carbonyl (C=O) groups excluding carboxylic acids is 2. The number of methoxy groups -OCH3 is 1. The maximum absolute atomic E-state index is 13.2. The lowest BCUT2D eigenvalue weighted by Gasteiger charge is -2.23. The summed E-state index contributed by atoms with van der Waals surface area (Å²) >= 11 is 0. The number of benzene rings is 1. The zero-order valence-corrected chi connectivity index (χ0v) is 9.33. The van der Waals surface area contributed by atoms with Crippen LogP contribution in [-0.4, -0.2) is 19.0 Å². The lowest BCUT2D eigenvalue weighted by molar-refractivity contribution is -0.123. The molecule has 0 aromatic heterocycles. The summed E-state index contributed by atoms with van der Waals surface area (Å²) < 4.78 is 18.3. The average Bonchev–Trinajstić information content (AvgIpc) is 2.53. The Morgan fingerprint density at radius 3 is 2.59 bits per heavy atom. The van der Waals surface area contributed by atoms with Crippen molar-refractivity contribution in [3.63, 3.8) is 0 Å². The van der Waals surface area contributed by atoms with Gasteiger partial charge in [0.2, 0.25) is 0 Å². The summed E-state index contributed by atoms with van der Waals surface area (Å²) in [5.41, 5.74) is -1.03. The van der Waals surface area contributed by atoms with Gasteiger partial charge < -0.3 is 10.1 Å². The second-order valence-corrected chi connectivity index (χ2v) is 3.88. The fourth-order valence-electron chi connectivity index (χ4n) is 1.80. The molecule has 1 aromatic carbocycles. The Balaban J connectivity index is 2.56. The maximum Gasteiger partial charge on any atom is 0.322 e. The van der Waals surface area contributed by atoms with Crippen LogP contribution in [0, 0.1) is 5.82 Å². The number of amides is 3. The van der Waals surface area contributed by atoms with Crippen molar-refractivity contribution in [3.05, 3.63) is 29.6 Å². The molecule has 0 saturated carbocycles. The van der Waals surface area contributed by atoms with Crippen LogP contribution in [0.5, 0.6) is 5.75 Å². The fraction of sp³-hybridized carbons (Fsp3) is 0.273. The highest BCUT2D eigenvalue weighted by molar-refractivity contribution is 6.07. The van der Waals surface area contributed by atoms with E-state index in [0.29, 0.717) is 5.75 Å². The molecule has 1 unspecified atom stereocenters. The molecule has 6 heteroatoms. The molecule has 3 amide bonds. The number of rotatable bonds is 2. The van der Waals surface area contributed by atoms with Gasteiger partial charge >= 0.3 is 6.03 Å². The fourth-order valence-corrected chi connectivity index (χ4v) is 1.80. The van der Waals surface area contributed by atoms with E-state index in [9.17, 15) is 14.0 Å². The van der Waals surface area contributed by atoms with Gasteiger partial charge in [-0.25, -0.2) is 9.18 Å². The molecule has 1 fully saturated rings. The van der Waals surface area contributed by atoms with Gasteiger partial charge in [0.15, 0.2) is 0 Å². The van der Waals surface area contributed by atoms with Crippen LogP contribution in [0.3, 0.4) is 0 Å². The molecule has 1 aliphatic heterocycles. The minimum Gasteiger partial charge on any atom is -0.496 e. The Kier molecular flexibility index (Phi) is 2.49. The second kappa shape index (κ2) is 3.73. The number of imide groups is 1. The molecule has 0 bridgehead atoms. The molecule has 0 radical (unpaired) electrons. The Morgan fingerprint density at radius 1 is 1.35 bits per heavy atom. The molecule has 5 nitrogen and oxygen atoms in total. The van der Waals surface area contributed by atoms with Gasteiger partial charge in [-0.1, -0.05) is 0 Å². The van der Waals surface area contributed by atoms with E-state index in [1.54, 1.807) is 0 Å². The third kappa shape index (κ3) is 1.71. The Bertz CT molecular complexity index is 503. The van der Waals surface area contributed by atoms with Crippen LogP contribution in [0.1, 0.15) is 12.5 Å². The number of urea groups is 1. The van der Waals surface area contributed by atoms with Crippen LogP contribution < -0.4 is 15.4 Å². The predicted molar refractivity (Wildman–Crippen MR) is 57.0 cm³/mol. The monoisotopic (exact) mass is 238 g/mol. The number of carbonyl (C=O) groups is 2. The van der Waals surface area contributed by atoms with Crippen molar-refractivity contribution in [2.75, 3.05) is 7.11 Å². The number of ether oxygens (including phenoxy) is 1. The smallest absolute Gasteiger partial charge is 0.322 e. The molecule has 1 aromatic rings. The van der Waals surface area contributed by atoms with E-state index in [2.05, 4.69) is 10.6 Å². The molecule has 1 heterocycles. The van der Waals surface area contributed by atoms with Crippen molar-refractivity contribution in [3.8, 4) is 5.75 Å². The van der Waals surface area contributed by atoms with Crippen molar-refractivity contribution in [2.24, 2.45) is 0 Å². The van der Waals surface area contributed by atoms with Gasteiger partial charge in [0, 0.05) is 5.56 Å². The van der Waals surface area contributed by atoms with Crippen molar-refractivity contribution in [1.29, 1.82) is 0 Å². The molecule has 1 saturated heterocycles. The largest absolute Gasteiger partial charge is 0.496 e. The standard InChI is InChI=1S/C11H11FN2O3/c1-11(9(15)13-10(16)14-11)7-5-6(12)3-4-8(7)17-2/h3-5H,1-2H3,(H2,13,14,15,16). The molecule has 17 heavy (non-hydrogen) atoms. The molecule has 0 spiro atoms. The normalized spacial score (nSPS) is 23.2. The Morgan fingerprint density at radius 2 is 2.06 bits per heavy atom. The highest BCUT2D eigenvalue weighted by atomic mass is 19.1. The van der Waals surface area contributed by atoms with Crippen LogP contribution in [0.4, 0.5) is 9.18 Å². The second-order valence-electron chi connectivity index (χ2n) is 3.88. The third-order valence-corrected chi connectivity index (χ3v) is 2.74. The Labute approximate surface area is 97.0 Å². The number of halogens is 1. The first-order chi connectivity index (χ1) is 7.97. The summed E-state index contributed by atoms with van der Waals surface area (Å²) in [5.74, 6) is -0.700. The van der Waals surface area contributed by atoms with Crippen molar-refractivity contribution in [1.82, 2.24) is 10.6 Å². The summed E-state index contributed by atoms with van der Waals surface area (Å²) in [4.78, 5) is 22.9. The highest BCUT2D eigenvalue weighted by Gasteiger charge is 2.45. The lowest BCUT2D eigenvalue weighted by atomic mass is 9.91. The number of hydrogen-bond donors (Lipinski definition) is 2. The topological polar surface area (TPSA) is 67.4 Å². The third-order valence-electron chi connectivity index (χ3n) is 2.74. The summed E-state index contributed by atoms with van der Waals surface area (Å²) in [7, 11) is 1.41. The first-order valence-corrected chi connectivity index (χ1v) is 4.95. The summed E-state index contributed by atoms with van der Waals surface area (Å²) in [5, 5.41) is 4.56. The quantitative estimate of drug-likeness (QED) is 0.752. The van der Waals surface area contributed by atoms with E-state index >= 15 is 0 Å². The Hall–Kier alpha value is -2.11.